The Morgan fingerprint density at radius 3 is 2.12 bits per heavy atom. The molecule has 0 aromatic rings. The molecule has 0 spiro atoms. The minimum absolute atomic E-state index is 0.0626. The second-order valence-electron chi connectivity index (χ2n) is 9.38. The first-order valence-electron chi connectivity index (χ1n) is 9.95. The molecule has 2 aliphatic rings. The van der Waals surface area contributed by atoms with E-state index in [2.05, 4.69) is 51.8 Å². The molecule has 0 bridgehead atoms. The maximum absolute atomic E-state index is 12.9. The van der Waals surface area contributed by atoms with Gasteiger partial charge < -0.3 is 5.32 Å². The van der Waals surface area contributed by atoms with Gasteiger partial charge in [0.1, 0.15) is 0 Å². The van der Waals surface area contributed by atoms with Crippen LogP contribution in [0.5, 0.6) is 0 Å². The van der Waals surface area contributed by atoms with Crippen LogP contribution in [0.15, 0.2) is 0 Å². The van der Waals surface area contributed by atoms with Crippen LogP contribution >= 0.6 is 0 Å². The molecule has 1 aliphatic carbocycles. The van der Waals surface area contributed by atoms with Crippen molar-refractivity contribution < 1.29 is 9.59 Å². The van der Waals surface area contributed by atoms with E-state index in [1.807, 2.05) is 0 Å². The zero-order chi connectivity index (χ0) is 18.8. The average Bonchev–Trinajstić information content (AvgIpc) is 2.73. The molecule has 0 aromatic heterocycles. The molecule has 144 valence electrons. The Hall–Kier alpha value is -1.10. The average molecular weight is 352 g/mol. The molecule has 0 unspecified atom stereocenters. The first-order valence-corrected chi connectivity index (χ1v) is 9.95. The third-order valence-corrected chi connectivity index (χ3v) is 5.68. The smallest absolute Gasteiger partial charge is 0.324 e. The van der Waals surface area contributed by atoms with Crippen molar-refractivity contribution in [1.29, 1.82) is 0 Å². The summed E-state index contributed by atoms with van der Waals surface area (Å²) >= 11 is 0. The number of rotatable bonds is 2. The lowest BCUT2D eigenvalue weighted by atomic mass is 9.90. The molecule has 0 radical (unpaired) electrons. The van der Waals surface area contributed by atoms with E-state index in [0.29, 0.717) is 19.0 Å². The van der Waals surface area contributed by atoms with Crippen LogP contribution in [0.3, 0.4) is 0 Å². The third-order valence-electron chi connectivity index (χ3n) is 5.68. The molecule has 0 aromatic carbocycles. The highest BCUT2D eigenvalue weighted by atomic mass is 16.2. The molecule has 1 heterocycles. The second-order valence-corrected chi connectivity index (χ2v) is 9.38. The van der Waals surface area contributed by atoms with Gasteiger partial charge in [-0.25, -0.2) is 4.79 Å². The van der Waals surface area contributed by atoms with Gasteiger partial charge in [0.05, 0.1) is 0 Å². The number of nitrogens with one attached hydrogen (secondary N) is 1. The number of urea groups is 1. The first-order chi connectivity index (χ1) is 11.5. The SMILES string of the molecule is CC(C)N1C(C)(C)CC(=O)N(C(=O)NC2CCCCCC2)CC1(C)C. The summed E-state index contributed by atoms with van der Waals surface area (Å²) in [5.41, 5.74) is -0.531. The van der Waals surface area contributed by atoms with Crippen LogP contribution in [0.2, 0.25) is 0 Å². The zero-order valence-electron chi connectivity index (χ0n) is 17.0. The van der Waals surface area contributed by atoms with E-state index in [1.165, 1.54) is 30.6 Å². The maximum Gasteiger partial charge on any atom is 0.324 e. The monoisotopic (exact) mass is 351 g/mol. The summed E-state index contributed by atoms with van der Waals surface area (Å²) in [4.78, 5) is 29.6. The standard InChI is InChI=1S/C20H37N3O2/c1-15(2)23-19(3,4)13-17(24)22(14-20(23,5)6)18(25)21-16-11-9-7-8-10-12-16/h15-16H,7-14H2,1-6H3,(H,21,25). The summed E-state index contributed by atoms with van der Waals surface area (Å²) in [7, 11) is 0. The number of carbonyl (C=O) groups excluding carboxylic acids is 2. The Bertz CT molecular complexity index is 491. The molecule has 1 N–H and O–H groups in total. The minimum atomic E-state index is -0.272. The summed E-state index contributed by atoms with van der Waals surface area (Å²) in [5, 5.41) is 3.14. The molecule has 1 aliphatic heterocycles. The van der Waals surface area contributed by atoms with Crippen LogP contribution in [0.4, 0.5) is 4.79 Å². The highest BCUT2D eigenvalue weighted by molar-refractivity contribution is 5.95. The maximum atomic E-state index is 12.9. The van der Waals surface area contributed by atoms with Gasteiger partial charge in [-0.15, -0.1) is 0 Å². The fraction of sp³-hybridized carbons (Fsp3) is 0.900. The molecule has 5 nitrogen and oxygen atoms in total. The van der Waals surface area contributed by atoms with Crippen molar-refractivity contribution in [3.63, 3.8) is 0 Å². The molecule has 2 fully saturated rings. The largest absolute Gasteiger partial charge is 0.335 e. The summed E-state index contributed by atoms with van der Waals surface area (Å²) in [6.45, 7) is 13.3. The third kappa shape index (κ3) is 4.75. The molecule has 1 saturated heterocycles. The Balaban J connectivity index is 2.17. The highest BCUT2D eigenvalue weighted by Crippen LogP contribution is 2.35. The van der Waals surface area contributed by atoms with Crippen molar-refractivity contribution >= 4 is 11.9 Å². The van der Waals surface area contributed by atoms with Gasteiger partial charge >= 0.3 is 6.03 Å². The number of amides is 3. The molecule has 3 amide bonds. The molecule has 25 heavy (non-hydrogen) atoms. The predicted octanol–water partition coefficient (Wildman–Crippen LogP) is 3.92. The van der Waals surface area contributed by atoms with Gasteiger partial charge in [0.2, 0.25) is 5.91 Å². The molecular formula is C20H37N3O2. The molecule has 1 saturated carbocycles. The summed E-state index contributed by atoms with van der Waals surface area (Å²) in [6.07, 6.45) is 7.25. The van der Waals surface area contributed by atoms with Crippen LogP contribution in [-0.2, 0) is 4.79 Å². The van der Waals surface area contributed by atoms with Crippen LogP contribution < -0.4 is 5.32 Å². The van der Waals surface area contributed by atoms with Crippen molar-refractivity contribution in [2.45, 2.75) is 110 Å². The highest BCUT2D eigenvalue weighted by Gasteiger charge is 2.47. The van der Waals surface area contributed by atoms with Crippen LogP contribution in [0, 0.1) is 0 Å². The van der Waals surface area contributed by atoms with Crippen molar-refractivity contribution in [2.24, 2.45) is 0 Å². The van der Waals surface area contributed by atoms with Crippen LogP contribution in [0.25, 0.3) is 0 Å². The van der Waals surface area contributed by atoms with Gasteiger partial charge in [-0.05, 0) is 54.4 Å². The number of carbonyl (C=O) groups is 2. The summed E-state index contributed by atoms with van der Waals surface area (Å²) in [6, 6.07) is 0.317. The quantitative estimate of drug-likeness (QED) is 0.767. The van der Waals surface area contributed by atoms with E-state index in [-0.39, 0.29) is 29.1 Å². The molecular weight excluding hydrogens is 314 g/mol. The molecule has 5 heteroatoms. The minimum Gasteiger partial charge on any atom is -0.335 e. The van der Waals surface area contributed by atoms with Gasteiger partial charge in [0.25, 0.3) is 0 Å². The molecule has 2 rings (SSSR count). The lowest BCUT2D eigenvalue weighted by molar-refractivity contribution is -0.129. The Morgan fingerprint density at radius 2 is 1.60 bits per heavy atom. The number of nitrogens with zero attached hydrogens (tertiary/aromatic N) is 2. The predicted molar refractivity (Wildman–Crippen MR) is 101 cm³/mol. The first kappa shape index (κ1) is 20.2. The van der Waals surface area contributed by atoms with Gasteiger partial charge in [-0.1, -0.05) is 25.7 Å². The van der Waals surface area contributed by atoms with Crippen molar-refractivity contribution in [3.05, 3.63) is 0 Å². The zero-order valence-corrected chi connectivity index (χ0v) is 17.0. The Morgan fingerprint density at radius 1 is 1.04 bits per heavy atom. The van der Waals surface area contributed by atoms with E-state index >= 15 is 0 Å². The summed E-state index contributed by atoms with van der Waals surface area (Å²) < 4.78 is 0. The van der Waals surface area contributed by atoms with E-state index in [0.717, 1.165) is 12.8 Å². The lowest BCUT2D eigenvalue weighted by Crippen LogP contribution is -2.60. The van der Waals surface area contributed by atoms with Crippen molar-refractivity contribution in [1.82, 2.24) is 15.1 Å². The second kappa shape index (κ2) is 7.65. The van der Waals surface area contributed by atoms with E-state index < -0.39 is 0 Å². The number of hydrogen-bond donors (Lipinski definition) is 1. The normalized spacial score (nSPS) is 25.6. The fourth-order valence-corrected chi connectivity index (χ4v) is 5.18. The molecule has 0 atom stereocenters. The van der Waals surface area contributed by atoms with Crippen LogP contribution in [-0.4, -0.2) is 51.4 Å². The Kier molecular flexibility index (Phi) is 6.18. The number of imide groups is 1. The Labute approximate surface area is 153 Å². The van der Waals surface area contributed by atoms with E-state index in [9.17, 15) is 9.59 Å². The fourth-order valence-electron chi connectivity index (χ4n) is 5.18. The van der Waals surface area contributed by atoms with Crippen molar-refractivity contribution in [3.8, 4) is 0 Å². The summed E-state index contributed by atoms with van der Waals surface area (Å²) in [5.74, 6) is -0.0626. The van der Waals surface area contributed by atoms with Gasteiger partial charge in [0, 0.05) is 36.1 Å². The topological polar surface area (TPSA) is 52.7 Å². The van der Waals surface area contributed by atoms with Gasteiger partial charge in [-0.3, -0.25) is 14.6 Å². The van der Waals surface area contributed by atoms with E-state index in [1.54, 1.807) is 0 Å². The van der Waals surface area contributed by atoms with Gasteiger partial charge in [-0.2, -0.15) is 0 Å². The lowest BCUT2D eigenvalue weighted by Gasteiger charge is -2.49. The number of hydrogen-bond acceptors (Lipinski definition) is 3. The van der Waals surface area contributed by atoms with Gasteiger partial charge in [0.15, 0.2) is 0 Å². The van der Waals surface area contributed by atoms with Crippen LogP contribution in [0.1, 0.15) is 86.5 Å². The van der Waals surface area contributed by atoms with Crippen molar-refractivity contribution in [2.75, 3.05) is 6.54 Å². The van der Waals surface area contributed by atoms with E-state index in [4.69, 9.17) is 0 Å².